The van der Waals surface area contributed by atoms with E-state index in [4.69, 9.17) is 10.5 Å². The van der Waals surface area contributed by atoms with E-state index < -0.39 is 5.54 Å². The minimum absolute atomic E-state index is 0.00565. The minimum Gasteiger partial charge on any atom is -0.385 e. The van der Waals surface area contributed by atoms with Gasteiger partial charge in [-0.3, -0.25) is 4.79 Å². The fraction of sp³-hybridized carbons (Fsp3) is 0.900. The van der Waals surface area contributed by atoms with Crippen LogP contribution in [0, 0.1) is 0 Å². The molecule has 0 atom stereocenters. The van der Waals surface area contributed by atoms with Gasteiger partial charge in [-0.15, -0.1) is 0 Å². The van der Waals surface area contributed by atoms with Crippen molar-refractivity contribution >= 4 is 5.91 Å². The summed E-state index contributed by atoms with van der Waals surface area (Å²) in [5.74, 6) is 0.00565. The molecule has 0 unspecified atom stereocenters. The number of nitrogens with two attached hydrogens (primary N) is 1. The number of methoxy groups -OCH3 is 1. The quantitative estimate of drug-likeness (QED) is 0.632. The second kappa shape index (κ2) is 5.32. The van der Waals surface area contributed by atoms with Gasteiger partial charge >= 0.3 is 0 Å². The van der Waals surface area contributed by atoms with Crippen LogP contribution >= 0.6 is 0 Å². The summed E-state index contributed by atoms with van der Waals surface area (Å²) in [6.45, 7) is 1.34. The third-order valence-electron chi connectivity index (χ3n) is 2.76. The maximum atomic E-state index is 11.7. The molecule has 0 heterocycles. The van der Waals surface area contributed by atoms with Crippen molar-refractivity contribution in [3.63, 3.8) is 0 Å². The van der Waals surface area contributed by atoms with Gasteiger partial charge in [-0.1, -0.05) is 12.8 Å². The maximum Gasteiger partial charge on any atom is 0.240 e. The topological polar surface area (TPSA) is 64.3 Å². The van der Waals surface area contributed by atoms with E-state index in [1.54, 1.807) is 7.11 Å². The van der Waals surface area contributed by atoms with Gasteiger partial charge in [0.05, 0.1) is 5.54 Å². The summed E-state index contributed by atoms with van der Waals surface area (Å²) in [7, 11) is 1.66. The number of carbonyl (C=O) groups is 1. The molecule has 1 aliphatic rings. The van der Waals surface area contributed by atoms with Crippen LogP contribution in [0.2, 0.25) is 0 Å². The van der Waals surface area contributed by atoms with E-state index in [0.717, 1.165) is 32.1 Å². The fourth-order valence-corrected chi connectivity index (χ4v) is 1.83. The molecule has 3 N–H and O–H groups in total. The first-order chi connectivity index (χ1) is 6.69. The highest BCUT2D eigenvalue weighted by atomic mass is 16.5. The molecule has 1 fully saturated rings. The summed E-state index contributed by atoms with van der Waals surface area (Å²) in [6.07, 6.45) is 4.63. The van der Waals surface area contributed by atoms with Crippen LogP contribution in [-0.2, 0) is 9.53 Å². The Kier molecular flexibility index (Phi) is 4.35. The van der Waals surface area contributed by atoms with Crippen LogP contribution in [0.15, 0.2) is 0 Å². The van der Waals surface area contributed by atoms with Gasteiger partial charge in [0, 0.05) is 20.3 Å². The summed E-state index contributed by atoms with van der Waals surface area (Å²) in [6, 6.07) is 0. The van der Waals surface area contributed by atoms with Crippen molar-refractivity contribution in [1.29, 1.82) is 0 Å². The van der Waals surface area contributed by atoms with Gasteiger partial charge in [-0.25, -0.2) is 0 Å². The molecule has 82 valence electrons. The average molecular weight is 200 g/mol. The highest BCUT2D eigenvalue weighted by molar-refractivity contribution is 5.86. The second-order valence-electron chi connectivity index (χ2n) is 3.97. The van der Waals surface area contributed by atoms with Crippen molar-refractivity contribution in [1.82, 2.24) is 5.32 Å². The SMILES string of the molecule is COCCCNC(=O)C1(N)CCCC1. The molecule has 4 nitrogen and oxygen atoms in total. The number of amides is 1. The Balaban J connectivity index is 2.20. The number of hydrogen-bond acceptors (Lipinski definition) is 3. The normalized spacial score (nSPS) is 19.6. The number of carbonyl (C=O) groups excluding carboxylic acids is 1. The number of rotatable bonds is 5. The standard InChI is InChI=1S/C10H20N2O2/c1-14-8-4-7-12-9(13)10(11)5-2-3-6-10/h2-8,11H2,1H3,(H,12,13). The molecule has 0 radical (unpaired) electrons. The van der Waals surface area contributed by atoms with E-state index >= 15 is 0 Å². The van der Waals surface area contributed by atoms with Gasteiger partial charge < -0.3 is 15.8 Å². The average Bonchev–Trinajstić information content (AvgIpc) is 2.61. The Morgan fingerprint density at radius 3 is 2.71 bits per heavy atom. The van der Waals surface area contributed by atoms with Crippen molar-refractivity contribution in [3.8, 4) is 0 Å². The fourth-order valence-electron chi connectivity index (χ4n) is 1.83. The lowest BCUT2D eigenvalue weighted by atomic mass is 9.98. The van der Waals surface area contributed by atoms with Gasteiger partial charge in [0.15, 0.2) is 0 Å². The summed E-state index contributed by atoms with van der Waals surface area (Å²) in [4.78, 5) is 11.7. The zero-order valence-electron chi connectivity index (χ0n) is 8.84. The highest BCUT2D eigenvalue weighted by Crippen LogP contribution is 2.26. The van der Waals surface area contributed by atoms with Crippen LogP contribution in [0.4, 0.5) is 0 Å². The summed E-state index contributed by atoms with van der Waals surface area (Å²) < 4.78 is 4.89. The first-order valence-corrected chi connectivity index (χ1v) is 5.25. The molecular weight excluding hydrogens is 180 g/mol. The molecule has 0 aromatic heterocycles. The number of nitrogens with one attached hydrogen (secondary N) is 1. The molecule has 0 aromatic carbocycles. The van der Waals surface area contributed by atoms with Crippen LogP contribution < -0.4 is 11.1 Å². The van der Waals surface area contributed by atoms with E-state index in [1.165, 1.54) is 0 Å². The van der Waals surface area contributed by atoms with Crippen molar-refractivity contribution in [2.24, 2.45) is 5.73 Å². The molecule has 1 rings (SSSR count). The van der Waals surface area contributed by atoms with E-state index in [-0.39, 0.29) is 5.91 Å². The van der Waals surface area contributed by atoms with Gasteiger partial charge in [0.25, 0.3) is 0 Å². The largest absolute Gasteiger partial charge is 0.385 e. The third kappa shape index (κ3) is 2.96. The monoisotopic (exact) mass is 200 g/mol. The predicted octanol–water partition coefficient (Wildman–Crippen LogP) is 0.411. The van der Waals surface area contributed by atoms with E-state index in [9.17, 15) is 4.79 Å². The minimum atomic E-state index is -0.590. The van der Waals surface area contributed by atoms with Crippen molar-refractivity contribution in [2.45, 2.75) is 37.6 Å². The molecule has 0 bridgehead atoms. The van der Waals surface area contributed by atoms with E-state index in [1.807, 2.05) is 0 Å². The first kappa shape index (κ1) is 11.5. The van der Waals surface area contributed by atoms with Crippen LogP contribution in [-0.4, -0.2) is 31.7 Å². The zero-order valence-corrected chi connectivity index (χ0v) is 8.84. The van der Waals surface area contributed by atoms with Crippen LogP contribution in [0.3, 0.4) is 0 Å². The predicted molar refractivity (Wildman–Crippen MR) is 54.9 cm³/mol. The van der Waals surface area contributed by atoms with Gasteiger partial charge in [-0.2, -0.15) is 0 Å². The maximum absolute atomic E-state index is 11.7. The van der Waals surface area contributed by atoms with Crippen molar-refractivity contribution in [2.75, 3.05) is 20.3 Å². The van der Waals surface area contributed by atoms with Crippen molar-refractivity contribution in [3.05, 3.63) is 0 Å². The molecule has 1 amide bonds. The Morgan fingerprint density at radius 1 is 1.50 bits per heavy atom. The Hall–Kier alpha value is -0.610. The summed E-state index contributed by atoms with van der Waals surface area (Å²) in [5.41, 5.74) is 5.38. The first-order valence-electron chi connectivity index (χ1n) is 5.25. The summed E-state index contributed by atoms with van der Waals surface area (Å²) in [5, 5.41) is 2.86. The van der Waals surface area contributed by atoms with Gasteiger partial charge in [0.2, 0.25) is 5.91 Å². The molecule has 0 aliphatic heterocycles. The third-order valence-corrected chi connectivity index (χ3v) is 2.76. The van der Waals surface area contributed by atoms with Crippen LogP contribution in [0.5, 0.6) is 0 Å². The van der Waals surface area contributed by atoms with Gasteiger partial charge in [-0.05, 0) is 19.3 Å². The Morgan fingerprint density at radius 2 is 2.14 bits per heavy atom. The lowest BCUT2D eigenvalue weighted by Gasteiger charge is -2.22. The van der Waals surface area contributed by atoms with Crippen LogP contribution in [0.1, 0.15) is 32.1 Å². The molecule has 4 heteroatoms. The number of ether oxygens (including phenoxy) is 1. The Labute approximate surface area is 85.2 Å². The lowest BCUT2D eigenvalue weighted by Crippen LogP contribution is -2.52. The van der Waals surface area contributed by atoms with Crippen molar-refractivity contribution < 1.29 is 9.53 Å². The second-order valence-corrected chi connectivity index (χ2v) is 3.97. The van der Waals surface area contributed by atoms with E-state index in [0.29, 0.717) is 13.2 Å². The molecule has 1 saturated carbocycles. The lowest BCUT2D eigenvalue weighted by molar-refractivity contribution is -0.126. The molecule has 0 spiro atoms. The molecule has 0 aromatic rings. The van der Waals surface area contributed by atoms with E-state index in [2.05, 4.69) is 5.32 Å². The van der Waals surface area contributed by atoms with Crippen LogP contribution in [0.25, 0.3) is 0 Å². The summed E-state index contributed by atoms with van der Waals surface area (Å²) >= 11 is 0. The molecular formula is C10H20N2O2. The highest BCUT2D eigenvalue weighted by Gasteiger charge is 2.36. The molecule has 1 aliphatic carbocycles. The number of hydrogen-bond donors (Lipinski definition) is 2. The Bertz CT molecular complexity index is 189. The van der Waals surface area contributed by atoms with Gasteiger partial charge in [0.1, 0.15) is 0 Å². The molecule has 0 saturated heterocycles. The smallest absolute Gasteiger partial charge is 0.240 e. The molecule has 14 heavy (non-hydrogen) atoms. The zero-order chi connectivity index (χ0) is 10.4.